The van der Waals surface area contributed by atoms with Crippen LogP contribution in [0.25, 0.3) is 0 Å². The molecule has 25 heavy (non-hydrogen) atoms. The summed E-state index contributed by atoms with van der Waals surface area (Å²) in [4.78, 5) is 34.3. The van der Waals surface area contributed by atoms with Crippen LogP contribution in [0.15, 0.2) is 44.0 Å². The standard InChI is InChI=1S/C17H19NO7/c1-11-14(25-17(21)24-11)10-23-16(20)13(18)7-8-15(19)22-9-12-5-3-2-4-6-12/h2-6,13H,7-10,18H2,1H3. The molecule has 0 saturated carbocycles. The molecule has 1 aromatic heterocycles. The fraction of sp³-hybridized carbons (Fsp3) is 0.353. The molecular weight excluding hydrogens is 330 g/mol. The first-order valence-electron chi connectivity index (χ1n) is 7.67. The van der Waals surface area contributed by atoms with Gasteiger partial charge < -0.3 is 24.0 Å². The van der Waals surface area contributed by atoms with Gasteiger partial charge in [0.25, 0.3) is 0 Å². The van der Waals surface area contributed by atoms with Crippen molar-refractivity contribution in [3.05, 3.63) is 58.0 Å². The van der Waals surface area contributed by atoms with Crippen molar-refractivity contribution in [3.8, 4) is 0 Å². The van der Waals surface area contributed by atoms with Crippen molar-refractivity contribution in [3.63, 3.8) is 0 Å². The topological polar surface area (TPSA) is 122 Å². The van der Waals surface area contributed by atoms with Gasteiger partial charge in [0.15, 0.2) is 18.1 Å². The summed E-state index contributed by atoms with van der Waals surface area (Å²) < 4.78 is 19.4. The average molecular weight is 349 g/mol. The maximum atomic E-state index is 11.8. The lowest BCUT2D eigenvalue weighted by Crippen LogP contribution is -2.32. The molecule has 1 unspecified atom stereocenters. The summed E-state index contributed by atoms with van der Waals surface area (Å²) in [6, 6.07) is 8.26. The maximum absolute atomic E-state index is 11.8. The Hall–Kier alpha value is -2.87. The summed E-state index contributed by atoms with van der Waals surface area (Å²) in [7, 11) is 0. The summed E-state index contributed by atoms with van der Waals surface area (Å²) in [5, 5.41) is 0. The molecule has 2 N–H and O–H groups in total. The van der Waals surface area contributed by atoms with Gasteiger partial charge in [-0.1, -0.05) is 30.3 Å². The van der Waals surface area contributed by atoms with E-state index < -0.39 is 23.8 Å². The second-order valence-corrected chi connectivity index (χ2v) is 5.33. The highest BCUT2D eigenvalue weighted by molar-refractivity contribution is 5.77. The third-order valence-corrected chi connectivity index (χ3v) is 3.39. The molecule has 0 spiro atoms. The number of hydrogen-bond acceptors (Lipinski definition) is 8. The van der Waals surface area contributed by atoms with Crippen LogP contribution < -0.4 is 11.6 Å². The number of carbonyl (C=O) groups excluding carboxylic acids is 2. The van der Waals surface area contributed by atoms with Gasteiger partial charge in [0, 0.05) is 6.42 Å². The van der Waals surface area contributed by atoms with Gasteiger partial charge in [0.2, 0.25) is 0 Å². The fourth-order valence-corrected chi connectivity index (χ4v) is 1.95. The molecule has 0 fully saturated rings. The summed E-state index contributed by atoms with van der Waals surface area (Å²) in [6.45, 7) is 1.41. The predicted octanol–water partition coefficient (Wildman–Crippen LogP) is 1.44. The molecule has 1 heterocycles. The van der Waals surface area contributed by atoms with E-state index in [9.17, 15) is 14.4 Å². The first kappa shape index (κ1) is 18.5. The Labute approximate surface area is 143 Å². The van der Waals surface area contributed by atoms with Crippen LogP contribution in [0.5, 0.6) is 0 Å². The van der Waals surface area contributed by atoms with Crippen molar-refractivity contribution in [1.29, 1.82) is 0 Å². The lowest BCUT2D eigenvalue weighted by Gasteiger charge is -2.10. The molecule has 0 saturated heterocycles. The molecule has 134 valence electrons. The Balaban J connectivity index is 1.69. The summed E-state index contributed by atoms with van der Waals surface area (Å²) in [5.41, 5.74) is 6.55. The second kappa shape index (κ2) is 8.84. The average Bonchev–Trinajstić information content (AvgIpc) is 2.93. The largest absolute Gasteiger partial charge is 0.519 e. The molecule has 2 aromatic rings. The second-order valence-electron chi connectivity index (χ2n) is 5.33. The zero-order valence-corrected chi connectivity index (χ0v) is 13.7. The van der Waals surface area contributed by atoms with E-state index in [1.54, 1.807) is 0 Å². The highest BCUT2D eigenvalue weighted by Crippen LogP contribution is 2.08. The Bertz CT molecular complexity index is 763. The van der Waals surface area contributed by atoms with E-state index in [0.29, 0.717) is 0 Å². The smallest absolute Gasteiger partial charge is 0.461 e. The van der Waals surface area contributed by atoms with Crippen LogP contribution in [0.3, 0.4) is 0 Å². The Morgan fingerprint density at radius 1 is 1.12 bits per heavy atom. The number of carbonyl (C=O) groups is 2. The minimum absolute atomic E-state index is 0.0110. The number of benzene rings is 1. The van der Waals surface area contributed by atoms with Crippen molar-refractivity contribution >= 4 is 11.9 Å². The van der Waals surface area contributed by atoms with Crippen molar-refractivity contribution in [2.24, 2.45) is 5.73 Å². The molecular formula is C17H19NO7. The Morgan fingerprint density at radius 3 is 2.48 bits per heavy atom. The zero-order valence-electron chi connectivity index (χ0n) is 13.7. The lowest BCUT2D eigenvalue weighted by molar-refractivity contribution is -0.148. The Morgan fingerprint density at radius 2 is 1.84 bits per heavy atom. The third kappa shape index (κ3) is 5.92. The number of aryl methyl sites for hydroxylation is 1. The Kier molecular flexibility index (Phi) is 6.53. The fourth-order valence-electron chi connectivity index (χ4n) is 1.95. The van der Waals surface area contributed by atoms with E-state index in [4.69, 9.17) is 19.6 Å². The van der Waals surface area contributed by atoms with Crippen molar-refractivity contribution < 1.29 is 27.9 Å². The molecule has 0 aliphatic rings. The number of esters is 2. The number of hydrogen-bond donors (Lipinski definition) is 1. The molecule has 0 aliphatic carbocycles. The summed E-state index contributed by atoms with van der Waals surface area (Å²) in [5.74, 6) is -1.68. The van der Waals surface area contributed by atoms with Crippen molar-refractivity contribution in [2.45, 2.75) is 39.0 Å². The van der Waals surface area contributed by atoms with E-state index in [1.807, 2.05) is 30.3 Å². The van der Waals surface area contributed by atoms with Gasteiger partial charge in [-0.2, -0.15) is 0 Å². The van der Waals surface area contributed by atoms with E-state index in [-0.39, 0.29) is 37.6 Å². The molecule has 0 bridgehead atoms. The number of ether oxygens (including phenoxy) is 2. The van der Waals surface area contributed by atoms with Crippen LogP contribution in [-0.4, -0.2) is 18.0 Å². The minimum Gasteiger partial charge on any atom is -0.461 e. The van der Waals surface area contributed by atoms with Crippen molar-refractivity contribution in [1.82, 2.24) is 0 Å². The zero-order chi connectivity index (χ0) is 18.2. The highest BCUT2D eigenvalue weighted by atomic mass is 16.6. The van der Waals surface area contributed by atoms with Crippen molar-refractivity contribution in [2.75, 3.05) is 0 Å². The SMILES string of the molecule is Cc1oc(=O)oc1COC(=O)C(N)CCC(=O)OCc1ccccc1. The molecule has 0 radical (unpaired) electrons. The van der Waals surface area contributed by atoms with Gasteiger partial charge in [0.1, 0.15) is 12.6 Å². The first-order chi connectivity index (χ1) is 12.0. The summed E-state index contributed by atoms with van der Waals surface area (Å²) in [6.07, 6.45) is 0.0731. The molecule has 2 rings (SSSR count). The highest BCUT2D eigenvalue weighted by Gasteiger charge is 2.19. The molecule has 1 aromatic carbocycles. The van der Waals surface area contributed by atoms with Gasteiger partial charge in [-0.05, 0) is 18.9 Å². The molecule has 1 atom stereocenters. The predicted molar refractivity (Wildman–Crippen MR) is 85.2 cm³/mol. The van der Waals surface area contributed by atoms with E-state index in [1.165, 1.54) is 6.92 Å². The number of nitrogens with two attached hydrogens (primary N) is 1. The normalized spacial score (nSPS) is 11.8. The molecule has 8 heteroatoms. The molecule has 0 amide bonds. The van der Waals surface area contributed by atoms with Crippen LogP contribution in [-0.2, 0) is 32.3 Å². The maximum Gasteiger partial charge on any atom is 0.519 e. The van der Waals surface area contributed by atoms with Crippen LogP contribution in [0.2, 0.25) is 0 Å². The van der Waals surface area contributed by atoms with Crippen LogP contribution >= 0.6 is 0 Å². The number of rotatable bonds is 8. The molecule has 0 aliphatic heterocycles. The van der Waals surface area contributed by atoms with Gasteiger partial charge in [-0.15, -0.1) is 0 Å². The van der Waals surface area contributed by atoms with E-state index in [2.05, 4.69) is 4.42 Å². The van der Waals surface area contributed by atoms with E-state index >= 15 is 0 Å². The lowest BCUT2D eigenvalue weighted by atomic mass is 10.2. The third-order valence-electron chi connectivity index (χ3n) is 3.39. The van der Waals surface area contributed by atoms with Gasteiger partial charge >= 0.3 is 17.8 Å². The van der Waals surface area contributed by atoms with Crippen LogP contribution in [0, 0.1) is 6.92 Å². The minimum atomic E-state index is -0.983. The molecule has 8 nitrogen and oxygen atoms in total. The quantitative estimate of drug-likeness (QED) is 0.710. The van der Waals surface area contributed by atoms with Gasteiger partial charge in [-0.3, -0.25) is 9.59 Å². The summed E-state index contributed by atoms with van der Waals surface area (Å²) >= 11 is 0. The van der Waals surface area contributed by atoms with Gasteiger partial charge in [0.05, 0.1) is 0 Å². The van der Waals surface area contributed by atoms with E-state index in [0.717, 1.165) is 5.56 Å². The van der Waals surface area contributed by atoms with Crippen LogP contribution in [0.1, 0.15) is 29.9 Å². The van der Waals surface area contributed by atoms with Crippen LogP contribution in [0.4, 0.5) is 0 Å². The van der Waals surface area contributed by atoms with Gasteiger partial charge in [-0.25, -0.2) is 4.79 Å². The monoisotopic (exact) mass is 349 g/mol. The first-order valence-corrected chi connectivity index (χ1v) is 7.67.